The average molecular weight is 583 g/mol. The number of hydrogen-bond acceptors (Lipinski definition) is 9. The minimum atomic E-state index is -4.79. The molecule has 0 radical (unpaired) electrons. The molecule has 0 saturated carbocycles. The van der Waals surface area contributed by atoms with Crippen LogP contribution in [-0.2, 0) is 20.6 Å². The van der Waals surface area contributed by atoms with Crippen LogP contribution < -0.4 is 5.32 Å². The van der Waals surface area contributed by atoms with Crippen molar-refractivity contribution in [1.29, 1.82) is 0 Å². The van der Waals surface area contributed by atoms with E-state index >= 15 is 0 Å². The fourth-order valence-electron chi connectivity index (χ4n) is 3.72. The fourth-order valence-corrected chi connectivity index (χ4v) is 7.25. The number of amides is 2. The summed E-state index contributed by atoms with van der Waals surface area (Å²) in [6.45, 7) is 4.43. The zero-order valence-corrected chi connectivity index (χ0v) is 22.0. The largest absolute Gasteiger partial charge is 0.477 e. The number of hydrogen-bond donors (Lipinski definition) is 2. The van der Waals surface area contributed by atoms with Gasteiger partial charge < -0.3 is 10.4 Å². The molecular formula is C19H18ClF3N6O4S3. The summed E-state index contributed by atoms with van der Waals surface area (Å²) in [4.78, 5) is 38.8. The summed E-state index contributed by atoms with van der Waals surface area (Å²) >= 11 is 9.74. The molecule has 0 aliphatic carbocycles. The third-order valence-electron chi connectivity index (χ3n) is 5.52. The van der Waals surface area contributed by atoms with Crippen LogP contribution in [0.2, 0.25) is 5.02 Å². The minimum absolute atomic E-state index is 0.0518. The van der Waals surface area contributed by atoms with Crippen molar-refractivity contribution in [3.8, 4) is 0 Å². The maximum Gasteiger partial charge on any atom is 0.436 e. The average Bonchev–Trinajstić information content (AvgIpc) is 3.36. The topological polar surface area (TPSA) is 130 Å². The van der Waals surface area contributed by atoms with Gasteiger partial charge in [-0.3, -0.25) is 19.2 Å². The summed E-state index contributed by atoms with van der Waals surface area (Å²) in [6, 6.07) is -2.24. The Morgan fingerprint density at radius 1 is 1.33 bits per heavy atom. The molecule has 4 heterocycles. The fraction of sp³-hybridized carbons (Fsp3) is 0.474. The molecule has 0 aromatic carbocycles. The van der Waals surface area contributed by atoms with Gasteiger partial charge in [0.05, 0.1) is 10.7 Å². The van der Waals surface area contributed by atoms with Crippen LogP contribution in [0.15, 0.2) is 15.6 Å². The summed E-state index contributed by atoms with van der Waals surface area (Å²) in [5, 5.41) is 23.2. The number of alkyl halides is 3. The first-order valence-electron chi connectivity index (χ1n) is 10.3. The Kier molecular flexibility index (Phi) is 7.34. The molecule has 0 bridgehead atoms. The molecule has 10 nitrogen and oxygen atoms in total. The highest BCUT2D eigenvalue weighted by atomic mass is 35.5. The van der Waals surface area contributed by atoms with Gasteiger partial charge in [0.2, 0.25) is 5.91 Å². The second kappa shape index (κ2) is 9.87. The number of aromatic nitrogens is 4. The van der Waals surface area contributed by atoms with Gasteiger partial charge in [-0.15, -0.1) is 22.0 Å². The molecule has 2 N–H and O–H groups in total. The molecule has 1 fully saturated rings. The van der Waals surface area contributed by atoms with E-state index in [4.69, 9.17) is 11.6 Å². The summed E-state index contributed by atoms with van der Waals surface area (Å²) in [5.74, 6) is -2.03. The van der Waals surface area contributed by atoms with Crippen LogP contribution in [0.3, 0.4) is 0 Å². The van der Waals surface area contributed by atoms with Gasteiger partial charge in [-0.05, 0) is 26.3 Å². The molecule has 2 aromatic heterocycles. The van der Waals surface area contributed by atoms with Crippen LogP contribution in [0.25, 0.3) is 0 Å². The lowest BCUT2D eigenvalue weighted by molar-refractivity contribution is -0.151. The highest BCUT2D eigenvalue weighted by molar-refractivity contribution is 8.01. The molecule has 2 aromatic rings. The molecule has 4 rings (SSSR count). The number of β-lactam (4-membered cyclic amide) rings is 1. The number of thioether (sulfide) groups is 2. The second-order valence-corrected chi connectivity index (χ2v) is 11.8. The van der Waals surface area contributed by atoms with Crippen molar-refractivity contribution in [2.45, 2.75) is 48.7 Å². The molecule has 3 atom stereocenters. The van der Waals surface area contributed by atoms with Gasteiger partial charge >= 0.3 is 12.1 Å². The van der Waals surface area contributed by atoms with E-state index in [1.165, 1.54) is 48.7 Å². The lowest BCUT2D eigenvalue weighted by Gasteiger charge is -2.49. The van der Waals surface area contributed by atoms with Gasteiger partial charge in [-0.1, -0.05) is 34.7 Å². The van der Waals surface area contributed by atoms with Crippen molar-refractivity contribution in [3.63, 3.8) is 0 Å². The van der Waals surface area contributed by atoms with Crippen molar-refractivity contribution in [2.75, 3.05) is 11.5 Å². The number of fused-ring (bicyclic) bond motifs is 1. The predicted molar refractivity (Wildman–Crippen MR) is 127 cm³/mol. The maximum atomic E-state index is 13.1. The van der Waals surface area contributed by atoms with E-state index in [1.807, 2.05) is 0 Å². The van der Waals surface area contributed by atoms with Gasteiger partial charge in [-0.25, -0.2) is 4.79 Å². The van der Waals surface area contributed by atoms with E-state index in [0.717, 1.165) is 14.6 Å². The van der Waals surface area contributed by atoms with Crippen LogP contribution in [0, 0.1) is 13.8 Å². The normalized spacial score (nSPS) is 20.8. The molecule has 194 valence electrons. The van der Waals surface area contributed by atoms with Gasteiger partial charge in [0, 0.05) is 11.5 Å². The Balaban J connectivity index is 1.47. The number of halogens is 4. The van der Waals surface area contributed by atoms with Gasteiger partial charge in [0.1, 0.15) is 28.2 Å². The van der Waals surface area contributed by atoms with Gasteiger partial charge in [0.15, 0.2) is 10.0 Å². The lowest BCUT2D eigenvalue weighted by Crippen LogP contribution is -2.71. The Morgan fingerprint density at radius 3 is 2.58 bits per heavy atom. The SMILES string of the molecule is Cc1nnc(SCC2=C(C(=O)O)N3C(=O)[C@H](NC(=O)[C@@H](C)n4nc(C(F)(F)F)c(Cl)c4C)[C@@H]3SC2)s1. The minimum Gasteiger partial charge on any atom is -0.477 e. The molecule has 0 unspecified atom stereocenters. The van der Waals surface area contributed by atoms with E-state index in [-0.39, 0.29) is 11.4 Å². The number of carboxylic acids is 1. The van der Waals surface area contributed by atoms with E-state index in [0.29, 0.717) is 21.4 Å². The quantitative estimate of drug-likeness (QED) is 0.373. The number of carboxylic acid groups (broad SMARTS) is 1. The first-order chi connectivity index (χ1) is 16.8. The number of nitrogens with zero attached hydrogens (tertiary/aromatic N) is 5. The second-order valence-electron chi connectivity index (χ2n) is 7.90. The van der Waals surface area contributed by atoms with E-state index < -0.39 is 52.1 Å². The number of carbonyl (C=O) groups is 3. The summed E-state index contributed by atoms with van der Waals surface area (Å²) < 4.78 is 40.9. The zero-order valence-electron chi connectivity index (χ0n) is 18.8. The van der Waals surface area contributed by atoms with Crippen LogP contribution in [0.5, 0.6) is 0 Å². The molecule has 36 heavy (non-hydrogen) atoms. The van der Waals surface area contributed by atoms with Crippen LogP contribution >= 0.6 is 46.5 Å². The summed E-state index contributed by atoms with van der Waals surface area (Å²) in [7, 11) is 0. The maximum absolute atomic E-state index is 13.1. The first-order valence-corrected chi connectivity index (χ1v) is 13.5. The molecule has 0 spiro atoms. The van der Waals surface area contributed by atoms with Crippen molar-refractivity contribution in [2.24, 2.45) is 0 Å². The zero-order chi connectivity index (χ0) is 26.5. The van der Waals surface area contributed by atoms with Crippen molar-refractivity contribution in [1.82, 2.24) is 30.2 Å². The number of aliphatic carboxylic acids is 1. The molecular weight excluding hydrogens is 565 g/mol. The Labute approximate surface area is 219 Å². The number of carbonyl (C=O) groups excluding carboxylic acids is 2. The van der Waals surface area contributed by atoms with Crippen LogP contribution in [0.4, 0.5) is 13.2 Å². The van der Waals surface area contributed by atoms with Crippen molar-refractivity contribution in [3.05, 3.63) is 32.7 Å². The van der Waals surface area contributed by atoms with Crippen LogP contribution in [0.1, 0.15) is 29.4 Å². The van der Waals surface area contributed by atoms with Crippen molar-refractivity contribution < 1.29 is 32.7 Å². The molecule has 17 heteroatoms. The van der Waals surface area contributed by atoms with Gasteiger partial charge in [-0.2, -0.15) is 18.3 Å². The Hall–Kier alpha value is -2.30. The van der Waals surface area contributed by atoms with E-state index in [9.17, 15) is 32.7 Å². The molecule has 2 aliphatic rings. The Morgan fingerprint density at radius 2 is 2.03 bits per heavy atom. The molecule has 2 aliphatic heterocycles. The first kappa shape index (κ1) is 26.8. The number of nitrogens with one attached hydrogen (secondary N) is 1. The van der Waals surface area contributed by atoms with Crippen LogP contribution in [-0.4, -0.2) is 70.7 Å². The third-order valence-corrected chi connectivity index (χ3v) is 9.37. The number of rotatable bonds is 7. The number of aryl methyl sites for hydroxylation is 1. The summed E-state index contributed by atoms with van der Waals surface area (Å²) in [5.41, 5.74) is -0.959. The highest BCUT2D eigenvalue weighted by Gasteiger charge is 2.54. The lowest BCUT2D eigenvalue weighted by atomic mass is 10.0. The van der Waals surface area contributed by atoms with E-state index in [2.05, 4.69) is 20.6 Å². The molecule has 1 saturated heterocycles. The monoisotopic (exact) mass is 582 g/mol. The smallest absolute Gasteiger partial charge is 0.436 e. The summed E-state index contributed by atoms with van der Waals surface area (Å²) in [6.07, 6.45) is -4.79. The van der Waals surface area contributed by atoms with Crippen molar-refractivity contribution >= 4 is 64.2 Å². The highest BCUT2D eigenvalue weighted by Crippen LogP contribution is 2.42. The predicted octanol–water partition coefficient (Wildman–Crippen LogP) is 3.12. The van der Waals surface area contributed by atoms with E-state index in [1.54, 1.807) is 6.92 Å². The third kappa shape index (κ3) is 4.82. The van der Waals surface area contributed by atoms with Gasteiger partial charge in [0.25, 0.3) is 5.91 Å². The Bertz CT molecular complexity index is 1280. The standard InChI is InChI=1S/C19H18ClF3N6O4S3/c1-6-10(20)13(19(21,22)23)27-29(6)7(2)14(30)24-11-15(31)28-12(17(32)33)9(4-34-16(11)28)5-35-18-26-25-8(3)36-18/h7,11,16H,4-5H2,1-3H3,(H,24,30)(H,32,33)/t7-,11+,16+/m1/s1. The molecule has 2 amide bonds.